The van der Waals surface area contributed by atoms with Gasteiger partial charge in [-0.2, -0.15) is 0 Å². The molecule has 0 amide bonds. The van der Waals surface area contributed by atoms with Crippen molar-refractivity contribution >= 4 is 45.6 Å². The van der Waals surface area contributed by atoms with Crippen LogP contribution >= 0.6 is 0 Å². The van der Waals surface area contributed by atoms with E-state index >= 15 is 4.39 Å². The second-order valence-electron chi connectivity index (χ2n) is 9.09. The fraction of sp³-hybridized carbons (Fsp3) is 0.348. The van der Waals surface area contributed by atoms with Crippen LogP contribution < -0.4 is 32.3 Å². The van der Waals surface area contributed by atoms with Gasteiger partial charge in [0.05, 0.1) is 28.1 Å². The zero-order valence-electron chi connectivity index (χ0n) is 19.5. The molecule has 0 unspecified atom stereocenters. The topological polar surface area (TPSA) is 201 Å². The Labute approximate surface area is 208 Å². The van der Waals surface area contributed by atoms with Gasteiger partial charge in [-0.25, -0.2) is 14.2 Å². The molecule has 1 aliphatic heterocycles. The molecule has 0 radical (unpaired) electrons. The van der Waals surface area contributed by atoms with E-state index in [2.05, 4.69) is 15.6 Å². The lowest BCUT2D eigenvalue weighted by molar-refractivity contribution is -0.384. The summed E-state index contributed by atoms with van der Waals surface area (Å²) in [6, 6.07) is 2.63. The third-order valence-electron chi connectivity index (χ3n) is 7.05. The van der Waals surface area contributed by atoms with Crippen LogP contribution in [0.4, 0.5) is 33.1 Å². The number of carbonyl (C=O) groups is 1. The Bertz CT molecular complexity index is 1520. The number of hydrogen-bond acceptors (Lipinski definition) is 10. The van der Waals surface area contributed by atoms with E-state index in [0.717, 1.165) is 19.3 Å². The number of benzene rings is 1. The van der Waals surface area contributed by atoms with Crippen molar-refractivity contribution in [2.75, 3.05) is 41.8 Å². The van der Waals surface area contributed by atoms with Crippen molar-refractivity contribution in [3.63, 3.8) is 0 Å². The quantitative estimate of drug-likeness (QED) is 0.134. The van der Waals surface area contributed by atoms with E-state index in [9.17, 15) is 24.8 Å². The standard InChI is InChI=1S/C23H24FN7O6/c24-15-16(25)14-18-20(17(15)28-8-7-27-13-3-2-12(31(35)36)21(26)29-13)37-9-6-23(4-1-5-23)30(18)10-11(19(14)32)22(33)34/h2-3,10,28H,1,4-9,25H2,(H,33,34)(H3,26,27,29). The van der Waals surface area contributed by atoms with Crippen molar-refractivity contribution in [1.29, 1.82) is 0 Å². The van der Waals surface area contributed by atoms with Gasteiger partial charge < -0.3 is 36.5 Å². The predicted molar refractivity (Wildman–Crippen MR) is 134 cm³/mol. The first-order chi connectivity index (χ1) is 17.6. The first-order valence-electron chi connectivity index (χ1n) is 11.6. The van der Waals surface area contributed by atoms with Crippen LogP contribution in [-0.4, -0.2) is 45.2 Å². The van der Waals surface area contributed by atoms with Gasteiger partial charge in [0.1, 0.15) is 17.1 Å². The SMILES string of the molecule is Nc1nc(NCCNc2c(F)c(N)c3c(=O)c(C(=O)O)cn4c3c2OCCC42CCC2)ccc1[N+](=O)[O-]. The molecule has 1 aromatic carbocycles. The Hall–Kier alpha value is -4.62. The minimum absolute atomic E-state index is 0.0458. The lowest BCUT2D eigenvalue weighted by Gasteiger charge is -2.44. The van der Waals surface area contributed by atoms with Gasteiger partial charge in [-0.05, 0) is 25.3 Å². The molecule has 14 heteroatoms. The van der Waals surface area contributed by atoms with Gasteiger partial charge >= 0.3 is 11.7 Å². The van der Waals surface area contributed by atoms with Crippen LogP contribution in [0.15, 0.2) is 23.1 Å². The largest absolute Gasteiger partial charge is 0.489 e. The summed E-state index contributed by atoms with van der Waals surface area (Å²) in [5.74, 6) is -2.19. The molecule has 1 fully saturated rings. The van der Waals surface area contributed by atoms with Crippen LogP contribution in [0, 0.1) is 15.9 Å². The number of ether oxygens (including phenoxy) is 1. The highest BCUT2D eigenvalue weighted by Crippen LogP contribution is 2.49. The smallest absolute Gasteiger partial charge is 0.341 e. The highest BCUT2D eigenvalue weighted by Gasteiger charge is 2.43. The first kappa shape index (κ1) is 24.1. The molecule has 2 aliphatic rings. The number of nitrogen functional groups attached to an aromatic ring is 2. The summed E-state index contributed by atoms with van der Waals surface area (Å²) in [6.45, 7) is 0.616. The zero-order valence-corrected chi connectivity index (χ0v) is 19.5. The van der Waals surface area contributed by atoms with Crippen LogP contribution in [0.25, 0.3) is 10.9 Å². The van der Waals surface area contributed by atoms with Gasteiger partial charge in [0, 0.05) is 37.3 Å². The van der Waals surface area contributed by atoms with Crippen molar-refractivity contribution in [3.05, 3.63) is 50.0 Å². The van der Waals surface area contributed by atoms with E-state index < -0.39 is 38.9 Å². The Morgan fingerprint density at radius 2 is 2.00 bits per heavy atom. The molecule has 5 rings (SSSR count). The summed E-state index contributed by atoms with van der Waals surface area (Å²) in [5.41, 5.74) is 9.36. The van der Waals surface area contributed by atoms with Crippen molar-refractivity contribution in [3.8, 4) is 5.75 Å². The number of anilines is 4. The number of aromatic carboxylic acids is 1. The summed E-state index contributed by atoms with van der Waals surface area (Å²) in [7, 11) is 0. The molecule has 1 spiro atoms. The summed E-state index contributed by atoms with van der Waals surface area (Å²) >= 11 is 0. The van der Waals surface area contributed by atoms with Gasteiger partial charge in [0.15, 0.2) is 11.6 Å². The van der Waals surface area contributed by atoms with E-state index in [1.807, 2.05) is 0 Å². The number of nitrogens with two attached hydrogens (primary N) is 2. The number of halogens is 1. The number of hydrogen-bond donors (Lipinski definition) is 5. The van der Waals surface area contributed by atoms with Crippen LogP contribution in [0.3, 0.4) is 0 Å². The summed E-state index contributed by atoms with van der Waals surface area (Å²) in [4.78, 5) is 39.1. The average molecular weight is 513 g/mol. The number of carboxylic acids is 1. The summed E-state index contributed by atoms with van der Waals surface area (Å²) in [6.07, 6.45) is 4.34. The van der Waals surface area contributed by atoms with Crippen LogP contribution in [-0.2, 0) is 5.54 Å². The number of carboxylic acid groups (broad SMARTS) is 1. The van der Waals surface area contributed by atoms with E-state index in [1.165, 1.54) is 18.3 Å². The number of nitrogens with one attached hydrogen (secondary N) is 2. The van der Waals surface area contributed by atoms with Gasteiger partial charge in [0.2, 0.25) is 11.2 Å². The molecule has 0 bridgehead atoms. The minimum atomic E-state index is -1.41. The molecule has 13 nitrogen and oxygen atoms in total. The average Bonchev–Trinajstić information content (AvgIpc) is 2.99. The molecule has 37 heavy (non-hydrogen) atoms. The molecule has 3 heterocycles. The summed E-state index contributed by atoms with van der Waals surface area (Å²) < 4.78 is 23.2. The van der Waals surface area contributed by atoms with Crippen LogP contribution in [0.5, 0.6) is 5.75 Å². The third-order valence-corrected chi connectivity index (χ3v) is 7.05. The molecular weight excluding hydrogens is 489 g/mol. The van der Waals surface area contributed by atoms with Crippen molar-refractivity contribution in [2.45, 2.75) is 31.2 Å². The van der Waals surface area contributed by atoms with Gasteiger partial charge in [-0.1, -0.05) is 0 Å². The number of pyridine rings is 2. The minimum Gasteiger partial charge on any atom is -0.489 e. The molecular formula is C23H24FN7O6. The number of nitrogens with zero attached hydrogens (tertiary/aromatic N) is 3. The number of aromatic nitrogens is 2. The van der Waals surface area contributed by atoms with Gasteiger partial charge in [-0.15, -0.1) is 0 Å². The molecule has 1 aliphatic carbocycles. The molecule has 0 atom stereocenters. The highest BCUT2D eigenvalue weighted by molar-refractivity contribution is 6.03. The first-order valence-corrected chi connectivity index (χ1v) is 11.6. The molecule has 7 N–H and O–H groups in total. The van der Waals surface area contributed by atoms with Crippen LogP contribution in [0.1, 0.15) is 36.0 Å². The molecule has 3 aromatic rings. The number of nitro groups is 1. The maximum absolute atomic E-state index is 15.5. The Morgan fingerprint density at radius 3 is 2.62 bits per heavy atom. The third kappa shape index (κ3) is 3.80. The van der Waals surface area contributed by atoms with Crippen molar-refractivity contribution in [1.82, 2.24) is 9.55 Å². The summed E-state index contributed by atoms with van der Waals surface area (Å²) in [5, 5.41) is 26.2. The molecule has 0 saturated heterocycles. The highest BCUT2D eigenvalue weighted by atomic mass is 19.1. The van der Waals surface area contributed by atoms with E-state index in [0.29, 0.717) is 12.2 Å². The van der Waals surface area contributed by atoms with Gasteiger partial charge in [-0.3, -0.25) is 14.9 Å². The molecule has 2 aromatic heterocycles. The predicted octanol–water partition coefficient (Wildman–Crippen LogP) is 2.49. The monoisotopic (exact) mass is 513 g/mol. The Morgan fingerprint density at radius 1 is 1.27 bits per heavy atom. The number of rotatable bonds is 7. The molecule has 1 saturated carbocycles. The van der Waals surface area contributed by atoms with E-state index in [4.69, 9.17) is 16.2 Å². The normalized spacial score (nSPS) is 15.5. The zero-order chi connectivity index (χ0) is 26.5. The maximum Gasteiger partial charge on any atom is 0.341 e. The fourth-order valence-electron chi connectivity index (χ4n) is 5.01. The second kappa shape index (κ2) is 8.80. The van der Waals surface area contributed by atoms with Gasteiger partial charge in [0.25, 0.3) is 0 Å². The van der Waals surface area contributed by atoms with E-state index in [1.54, 1.807) is 4.57 Å². The lowest BCUT2D eigenvalue weighted by atomic mass is 9.74. The Balaban J connectivity index is 1.51. The second-order valence-corrected chi connectivity index (χ2v) is 9.09. The maximum atomic E-state index is 15.5. The Kier molecular flexibility index (Phi) is 5.73. The van der Waals surface area contributed by atoms with E-state index in [-0.39, 0.29) is 53.5 Å². The number of fused-ring (bicyclic) bond motifs is 1. The van der Waals surface area contributed by atoms with Crippen molar-refractivity contribution < 1.29 is 24.0 Å². The lowest BCUT2D eigenvalue weighted by Crippen LogP contribution is -2.42. The molecule has 194 valence electrons. The van der Waals surface area contributed by atoms with Crippen LogP contribution in [0.2, 0.25) is 0 Å². The van der Waals surface area contributed by atoms with Crippen molar-refractivity contribution in [2.24, 2.45) is 0 Å². The fourth-order valence-corrected chi connectivity index (χ4v) is 5.01.